The molecule has 160 valence electrons. The molecule has 6 heteroatoms. The Morgan fingerprint density at radius 3 is 2.47 bits per heavy atom. The van der Waals surface area contributed by atoms with Crippen LogP contribution in [-0.2, 0) is 5.41 Å². The fourth-order valence-corrected chi connectivity index (χ4v) is 3.43. The van der Waals surface area contributed by atoms with Crippen LogP contribution in [0.15, 0.2) is 85.3 Å². The number of hydrogen-bond donors (Lipinski definition) is 2. The lowest BCUT2D eigenvalue weighted by atomic mass is 9.83. The van der Waals surface area contributed by atoms with Crippen molar-refractivity contribution in [1.29, 1.82) is 0 Å². The Bertz CT molecular complexity index is 1230. The van der Waals surface area contributed by atoms with E-state index < -0.39 is 0 Å². The lowest BCUT2D eigenvalue weighted by molar-refractivity contribution is 0.102. The van der Waals surface area contributed by atoms with Crippen LogP contribution in [-0.4, -0.2) is 20.9 Å². The standard InChI is InChI=1S/C26H25N5O/c1-26(2,3)22-12-5-4-11-21(22)24(32)29-19-9-6-10-20(16-19)30-25-28-15-13-23(31-25)18-8-7-14-27-17-18/h4-17H,1-3H3,(H,29,32)(H,28,30,31). The normalized spacial score (nSPS) is 11.1. The number of benzene rings is 2. The summed E-state index contributed by atoms with van der Waals surface area (Å²) in [6.45, 7) is 6.30. The smallest absolute Gasteiger partial charge is 0.255 e. The summed E-state index contributed by atoms with van der Waals surface area (Å²) in [5, 5.41) is 6.22. The molecule has 0 spiro atoms. The highest BCUT2D eigenvalue weighted by molar-refractivity contribution is 6.05. The predicted octanol–water partition coefficient (Wildman–Crippen LogP) is 5.83. The molecule has 4 aromatic rings. The van der Waals surface area contributed by atoms with E-state index in [4.69, 9.17) is 0 Å². The summed E-state index contributed by atoms with van der Waals surface area (Å²) in [7, 11) is 0. The topological polar surface area (TPSA) is 79.8 Å². The summed E-state index contributed by atoms with van der Waals surface area (Å²) < 4.78 is 0. The molecule has 1 amide bonds. The number of carbonyl (C=O) groups is 1. The van der Waals surface area contributed by atoms with Crippen molar-refractivity contribution in [2.24, 2.45) is 0 Å². The number of rotatable bonds is 5. The van der Waals surface area contributed by atoms with Gasteiger partial charge >= 0.3 is 0 Å². The summed E-state index contributed by atoms with van der Waals surface area (Å²) in [6, 6.07) is 20.8. The molecule has 0 radical (unpaired) electrons. The van der Waals surface area contributed by atoms with Gasteiger partial charge in [-0.3, -0.25) is 9.78 Å². The molecule has 0 aliphatic heterocycles. The second-order valence-corrected chi connectivity index (χ2v) is 8.46. The van der Waals surface area contributed by atoms with Crippen LogP contribution in [0.1, 0.15) is 36.7 Å². The molecule has 2 N–H and O–H groups in total. The van der Waals surface area contributed by atoms with Crippen LogP contribution in [0, 0.1) is 0 Å². The van der Waals surface area contributed by atoms with Gasteiger partial charge in [0.2, 0.25) is 5.95 Å². The maximum atomic E-state index is 13.0. The summed E-state index contributed by atoms with van der Waals surface area (Å²) >= 11 is 0. The zero-order chi connectivity index (χ0) is 22.6. The Morgan fingerprint density at radius 1 is 0.875 bits per heavy atom. The molecule has 2 heterocycles. The molecule has 0 bridgehead atoms. The van der Waals surface area contributed by atoms with Gasteiger partial charge < -0.3 is 10.6 Å². The zero-order valence-electron chi connectivity index (χ0n) is 18.3. The minimum Gasteiger partial charge on any atom is -0.324 e. The predicted molar refractivity (Wildman–Crippen MR) is 128 cm³/mol. The minimum absolute atomic E-state index is 0.131. The van der Waals surface area contributed by atoms with Crippen LogP contribution < -0.4 is 10.6 Å². The molecule has 0 atom stereocenters. The first-order valence-corrected chi connectivity index (χ1v) is 10.4. The van der Waals surface area contributed by atoms with Crippen molar-refractivity contribution < 1.29 is 4.79 Å². The van der Waals surface area contributed by atoms with Crippen LogP contribution >= 0.6 is 0 Å². The summed E-state index contributed by atoms with van der Waals surface area (Å²) in [6.07, 6.45) is 5.19. The van der Waals surface area contributed by atoms with E-state index in [-0.39, 0.29) is 11.3 Å². The van der Waals surface area contributed by atoms with E-state index in [1.54, 1.807) is 18.6 Å². The monoisotopic (exact) mass is 423 g/mol. The number of nitrogens with one attached hydrogen (secondary N) is 2. The van der Waals surface area contributed by atoms with E-state index in [1.165, 1.54) is 0 Å². The number of carbonyl (C=O) groups excluding carboxylic acids is 1. The maximum absolute atomic E-state index is 13.0. The van der Waals surface area contributed by atoms with Gasteiger partial charge in [0.25, 0.3) is 5.91 Å². The molecule has 0 saturated heterocycles. The summed E-state index contributed by atoms with van der Waals surface area (Å²) in [4.78, 5) is 26.0. The van der Waals surface area contributed by atoms with Gasteiger partial charge in [0, 0.05) is 41.1 Å². The molecule has 6 nitrogen and oxygen atoms in total. The maximum Gasteiger partial charge on any atom is 0.255 e. The van der Waals surface area contributed by atoms with Gasteiger partial charge in [0.15, 0.2) is 0 Å². The van der Waals surface area contributed by atoms with Crippen LogP contribution in [0.5, 0.6) is 0 Å². The van der Waals surface area contributed by atoms with Gasteiger partial charge in [-0.2, -0.15) is 0 Å². The Kier molecular flexibility index (Phi) is 5.94. The third-order valence-electron chi connectivity index (χ3n) is 4.97. The number of aromatic nitrogens is 3. The molecule has 0 aliphatic rings. The fourth-order valence-electron chi connectivity index (χ4n) is 3.43. The quantitative estimate of drug-likeness (QED) is 0.422. The van der Waals surface area contributed by atoms with Crippen molar-refractivity contribution in [2.75, 3.05) is 10.6 Å². The van der Waals surface area contributed by atoms with Gasteiger partial charge in [-0.25, -0.2) is 9.97 Å². The first kappa shape index (κ1) is 21.2. The molecular formula is C26H25N5O. The average molecular weight is 424 g/mol. The van der Waals surface area contributed by atoms with E-state index in [1.807, 2.05) is 66.7 Å². The SMILES string of the molecule is CC(C)(C)c1ccccc1C(=O)Nc1cccc(Nc2nccc(-c3cccnc3)n2)c1. The summed E-state index contributed by atoms with van der Waals surface area (Å²) in [5.41, 5.74) is 4.70. The van der Waals surface area contributed by atoms with Gasteiger partial charge in [-0.1, -0.05) is 45.0 Å². The molecule has 0 unspecified atom stereocenters. The first-order chi connectivity index (χ1) is 15.4. The molecule has 2 aromatic carbocycles. The highest BCUT2D eigenvalue weighted by Gasteiger charge is 2.21. The highest BCUT2D eigenvalue weighted by Crippen LogP contribution is 2.27. The zero-order valence-corrected chi connectivity index (χ0v) is 18.3. The van der Waals surface area contributed by atoms with Crippen LogP contribution in [0.25, 0.3) is 11.3 Å². The Morgan fingerprint density at radius 2 is 1.69 bits per heavy atom. The van der Waals surface area contributed by atoms with Gasteiger partial charge in [-0.15, -0.1) is 0 Å². The number of anilines is 3. The molecule has 4 rings (SSSR count). The van der Waals surface area contributed by atoms with E-state index in [0.717, 1.165) is 22.5 Å². The second kappa shape index (κ2) is 8.98. The fraction of sp³-hybridized carbons (Fsp3) is 0.154. The number of hydrogen-bond acceptors (Lipinski definition) is 5. The lowest BCUT2D eigenvalue weighted by Crippen LogP contribution is -2.20. The number of pyridine rings is 1. The van der Waals surface area contributed by atoms with Crippen molar-refractivity contribution >= 4 is 23.2 Å². The van der Waals surface area contributed by atoms with Crippen molar-refractivity contribution in [3.63, 3.8) is 0 Å². The Balaban J connectivity index is 1.52. The molecular weight excluding hydrogens is 398 g/mol. The summed E-state index contributed by atoms with van der Waals surface area (Å²) in [5.74, 6) is 0.329. The van der Waals surface area contributed by atoms with Crippen molar-refractivity contribution in [1.82, 2.24) is 15.0 Å². The second-order valence-electron chi connectivity index (χ2n) is 8.46. The van der Waals surface area contributed by atoms with Crippen LogP contribution in [0.4, 0.5) is 17.3 Å². The van der Waals surface area contributed by atoms with Gasteiger partial charge in [0.1, 0.15) is 0 Å². The van der Waals surface area contributed by atoms with Gasteiger partial charge in [0.05, 0.1) is 5.69 Å². The van der Waals surface area contributed by atoms with Gasteiger partial charge in [-0.05, 0) is 53.4 Å². The Labute approximate surface area is 187 Å². The average Bonchev–Trinajstić information content (AvgIpc) is 2.79. The van der Waals surface area contributed by atoms with Crippen molar-refractivity contribution in [3.8, 4) is 11.3 Å². The lowest BCUT2D eigenvalue weighted by Gasteiger charge is -2.22. The highest BCUT2D eigenvalue weighted by atomic mass is 16.1. The third-order valence-corrected chi connectivity index (χ3v) is 4.97. The minimum atomic E-state index is -0.137. The van der Waals surface area contributed by atoms with E-state index in [9.17, 15) is 4.79 Å². The molecule has 32 heavy (non-hydrogen) atoms. The molecule has 0 saturated carbocycles. The van der Waals surface area contributed by atoms with Crippen LogP contribution in [0.3, 0.4) is 0 Å². The Hall–Kier alpha value is -4.06. The molecule has 0 aliphatic carbocycles. The first-order valence-electron chi connectivity index (χ1n) is 10.4. The molecule has 0 fully saturated rings. The van der Waals surface area contributed by atoms with Crippen LogP contribution in [0.2, 0.25) is 0 Å². The van der Waals surface area contributed by atoms with E-state index in [0.29, 0.717) is 17.2 Å². The molecule has 2 aromatic heterocycles. The van der Waals surface area contributed by atoms with E-state index >= 15 is 0 Å². The van der Waals surface area contributed by atoms with Crippen molar-refractivity contribution in [2.45, 2.75) is 26.2 Å². The number of amides is 1. The van der Waals surface area contributed by atoms with Crippen molar-refractivity contribution in [3.05, 3.63) is 96.4 Å². The number of nitrogens with zero attached hydrogens (tertiary/aromatic N) is 3. The van der Waals surface area contributed by atoms with E-state index in [2.05, 4.69) is 46.4 Å². The third kappa shape index (κ3) is 4.98. The largest absolute Gasteiger partial charge is 0.324 e.